The third kappa shape index (κ3) is 2.78. The number of benzene rings is 1. The van der Waals surface area contributed by atoms with Crippen molar-refractivity contribution < 1.29 is 4.79 Å². The number of aromatic nitrogens is 2. The molecule has 106 valence electrons. The van der Waals surface area contributed by atoms with Crippen LogP contribution in [0.25, 0.3) is 0 Å². The van der Waals surface area contributed by atoms with Crippen molar-refractivity contribution in [3.05, 3.63) is 51.8 Å². The molecule has 3 nitrogen and oxygen atoms in total. The Morgan fingerprint density at radius 2 is 2.00 bits per heavy atom. The topological polar surface area (TPSA) is 34.9 Å². The zero-order valence-corrected chi connectivity index (χ0v) is 12.9. The molecule has 0 spiro atoms. The summed E-state index contributed by atoms with van der Waals surface area (Å²) in [5.41, 5.74) is 3.51. The van der Waals surface area contributed by atoms with Gasteiger partial charge < -0.3 is 0 Å². The van der Waals surface area contributed by atoms with Gasteiger partial charge in [-0.1, -0.05) is 37.1 Å². The molecule has 0 amide bonds. The number of halogens is 1. The van der Waals surface area contributed by atoms with Crippen molar-refractivity contribution in [3.63, 3.8) is 0 Å². The van der Waals surface area contributed by atoms with E-state index in [9.17, 15) is 4.79 Å². The minimum atomic E-state index is -0.168. The van der Waals surface area contributed by atoms with E-state index in [0.717, 1.165) is 30.7 Å². The number of unbranched alkanes of at least 4 members (excludes halogenated alkanes) is 1. The van der Waals surface area contributed by atoms with Crippen LogP contribution in [0.2, 0.25) is 5.02 Å². The van der Waals surface area contributed by atoms with Crippen LogP contribution in [-0.2, 0) is 6.42 Å². The summed E-state index contributed by atoms with van der Waals surface area (Å²) < 4.78 is 1.47. The maximum atomic E-state index is 12.5. The second-order valence-electron chi connectivity index (χ2n) is 4.95. The first kappa shape index (κ1) is 14.8. The van der Waals surface area contributed by atoms with Crippen molar-refractivity contribution in [3.8, 4) is 0 Å². The summed E-state index contributed by atoms with van der Waals surface area (Å²) in [6, 6.07) is 7.07. The minimum absolute atomic E-state index is 0.168. The van der Waals surface area contributed by atoms with E-state index in [0.29, 0.717) is 10.6 Å². The lowest BCUT2D eigenvalue weighted by molar-refractivity contribution is 0.0942. The van der Waals surface area contributed by atoms with Crippen LogP contribution in [0.4, 0.5) is 0 Å². The van der Waals surface area contributed by atoms with Gasteiger partial charge in [0.15, 0.2) is 0 Å². The highest BCUT2D eigenvalue weighted by atomic mass is 35.5. The van der Waals surface area contributed by atoms with Crippen LogP contribution in [-0.4, -0.2) is 15.7 Å². The third-order valence-electron chi connectivity index (χ3n) is 3.52. The molecule has 2 rings (SSSR count). The smallest absolute Gasteiger partial charge is 0.267 e. The third-order valence-corrected chi connectivity index (χ3v) is 3.85. The average Bonchev–Trinajstić information content (AvgIpc) is 2.72. The second-order valence-corrected chi connectivity index (χ2v) is 5.36. The molecule has 0 aliphatic carbocycles. The van der Waals surface area contributed by atoms with Gasteiger partial charge in [0, 0.05) is 5.69 Å². The molecule has 1 aromatic heterocycles. The van der Waals surface area contributed by atoms with Gasteiger partial charge in [0.05, 0.1) is 16.3 Å². The zero-order chi connectivity index (χ0) is 14.7. The highest BCUT2D eigenvalue weighted by molar-refractivity contribution is 6.33. The Morgan fingerprint density at radius 1 is 1.30 bits per heavy atom. The molecule has 0 N–H and O–H groups in total. The standard InChI is InChI=1S/C16H19ClN2O/c1-4-5-8-13-11(2)18-19(12(13)3)16(20)14-9-6-7-10-15(14)17/h6-7,9-10H,4-5,8H2,1-3H3. The van der Waals surface area contributed by atoms with Crippen molar-refractivity contribution in [2.75, 3.05) is 0 Å². The molecule has 20 heavy (non-hydrogen) atoms. The van der Waals surface area contributed by atoms with Crippen molar-refractivity contribution >= 4 is 17.5 Å². The van der Waals surface area contributed by atoms with Gasteiger partial charge in [0.2, 0.25) is 0 Å². The molecule has 0 fully saturated rings. The molecular weight excluding hydrogens is 272 g/mol. The number of carbonyl (C=O) groups is 1. The Morgan fingerprint density at radius 3 is 2.65 bits per heavy atom. The van der Waals surface area contributed by atoms with E-state index in [2.05, 4.69) is 12.0 Å². The number of nitrogens with zero attached hydrogens (tertiary/aromatic N) is 2. The SMILES string of the molecule is CCCCc1c(C)nn(C(=O)c2ccccc2Cl)c1C. The number of carbonyl (C=O) groups excluding carboxylic acids is 1. The molecule has 0 saturated carbocycles. The first-order valence-corrected chi connectivity index (χ1v) is 7.28. The minimum Gasteiger partial charge on any atom is -0.267 e. The summed E-state index contributed by atoms with van der Waals surface area (Å²) in [6.07, 6.45) is 3.19. The number of rotatable bonds is 4. The van der Waals surface area contributed by atoms with Crippen molar-refractivity contribution in [1.29, 1.82) is 0 Å². The molecule has 1 heterocycles. The van der Waals surface area contributed by atoms with Gasteiger partial charge in [0.1, 0.15) is 0 Å². The largest absolute Gasteiger partial charge is 0.279 e. The normalized spacial score (nSPS) is 10.8. The van der Waals surface area contributed by atoms with Crippen LogP contribution in [0.5, 0.6) is 0 Å². The van der Waals surface area contributed by atoms with Crippen LogP contribution < -0.4 is 0 Å². The van der Waals surface area contributed by atoms with E-state index < -0.39 is 0 Å². The fourth-order valence-electron chi connectivity index (χ4n) is 2.34. The highest BCUT2D eigenvalue weighted by Crippen LogP contribution is 2.20. The molecule has 1 aromatic carbocycles. The summed E-state index contributed by atoms with van der Waals surface area (Å²) in [6.45, 7) is 6.05. The van der Waals surface area contributed by atoms with E-state index >= 15 is 0 Å². The lowest BCUT2D eigenvalue weighted by atomic mass is 10.1. The number of aryl methyl sites for hydroxylation is 1. The molecule has 0 aliphatic rings. The summed E-state index contributed by atoms with van der Waals surface area (Å²) in [5.74, 6) is -0.168. The predicted molar refractivity (Wildman–Crippen MR) is 81.5 cm³/mol. The van der Waals surface area contributed by atoms with Gasteiger partial charge in [0.25, 0.3) is 5.91 Å². The maximum absolute atomic E-state index is 12.5. The van der Waals surface area contributed by atoms with Gasteiger partial charge in [-0.15, -0.1) is 0 Å². The Kier molecular flexibility index (Phi) is 4.61. The van der Waals surface area contributed by atoms with Gasteiger partial charge in [-0.2, -0.15) is 5.10 Å². The van der Waals surface area contributed by atoms with Gasteiger partial charge in [-0.05, 0) is 44.4 Å². The molecule has 0 saturated heterocycles. The van der Waals surface area contributed by atoms with Crippen LogP contribution in [0.1, 0.15) is 47.1 Å². The summed E-state index contributed by atoms with van der Waals surface area (Å²) in [7, 11) is 0. The molecule has 0 aliphatic heterocycles. The van der Waals surface area contributed by atoms with Crippen molar-refractivity contribution in [1.82, 2.24) is 9.78 Å². The van der Waals surface area contributed by atoms with Crippen molar-refractivity contribution in [2.45, 2.75) is 40.0 Å². The zero-order valence-electron chi connectivity index (χ0n) is 12.1. The fourth-order valence-corrected chi connectivity index (χ4v) is 2.55. The van der Waals surface area contributed by atoms with Crippen LogP contribution >= 0.6 is 11.6 Å². The molecule has 0 unspecified atom stereocenters. The van der Waals surface area contributed by atoms with Gasteiger partial charge in [-0.3, -0.25) is 4.79 Å². The first-order chi connectivity index (χ1) is 9.56. The number of hydrogen-bond acceptors (Lipinski definition) is 2. The molecule has 0 bridgehead atoms. The molecule has 0 radical (unpaired) electrons. The first-order valence-electron chi connectivity index (χ1n) is 6.90. The molecular formula is C16H19ClN2O. The van der Waals surface area contributed by atoms with Crippen LogP contribution in [0.3, 0.4) is 0 Å². The lowest BCUT2D eigenvalue weighted by Crippen LogP contribution is -2.16. The highest BCUT2D eigenvalue weighted by Gasteiger charge is 2.19. The number of hydrogen-bond donors (Lipinski definition) is 0. The van der Waals surface area contributed by atoms with E-state index in [1.807, 2.05) is 26.0 Å². The maximum Gasteiger partial charge on any atom is 0.279 e. The van der Waals surface area contributed by atoms with E-state index in [1.165, 1.54) is 10.2 Å². The predicted octanol–water partition coefficient (Wildman–Crippen LogP) is 4.18. The quantitative estimate of drug-likeness (QED) is 0.846. The Bertz CT molecular complexity index is 631. The van der Waals surface area contributed by atoms with Gasteiger partial charge >= 0.3 is 0 Å². The average molecular weight is 291 g/mol. The molecule has 0 atom stereocenters. The summed E-state index contributed by atoms with van der Waals surface area (Å²) in [4.78, 5) is 12.5. The van der Waals surface area contributed by atoms with Gasteiger partial charge in [-0.25, -0.2) is 4.68 Å². The Hall–Kier alpha value is -1.61. The van der Waals surface area contributed by atoms with E-state index in [4.69, 9.17) is 11.6 Å². The Balaban J connectivity index is 2.39. The fraction of sp³-hybridized carbons (Fsp3) is 0.375. The Labute approximate surface area is 124 Å². The van der Waals surface area contributed by atoms with Crippen LogP contribution in [0, 0.1) is 13.8 Å². The lowest BCUT2D eigenvalue weighted by Gasteiger charge is -2.06. The van der Waals surface area contributed by atoms with Crippen LogP contribution in [0.15, 0.2) is 24.3 Å². The molecule has 2 aromatic rings. The summed E-state index contributed by atoms with van der Waals surface area (Å²) >= 11 is 6.09. The molecule has 4 heteroatoms. The monoisotopic (exact) mass is 290 g/mol. The van der Waals surface area contributed by atoms with E-state index in [1.54, 1.807) is 12.1 Å². The van der Waals surface area contributed by atoms with Crippen molar-refractivity contribution in [2.24, 2.45) is 0 Å². The van der Waals surface area contributed by atoms with E-state index in [-0.39, 0.29) is 5.91 Å². The summed E-state index contributed by atoms with van der Waals surface area (Å²) in [5, 5.41) is 4.85. The second kappa shape index (κ2) is 6.23.